The fraction of sp³-hybridized carbons (Fsp3) is 0.583. The lowest BCUT2D eigenvalue weighted by Crippen LogP contribution is -2.49. The van der Waals surface area contributed by atoms with Crippen molar-refractivity contribution in [3.63, 3.8) is 0 Å². The molecule has 178 valence electrons. The average molecular weight is 572 g/mol. The average Bonchev–Trinajstić information content (AvgIpc) is 3.24. The van der Waals surface area contributed by atoms with Gasteiger partial charge in [0.1, 0.15) is 11.1 Å². The summed E-state index contributed by atoms with van der Waals surface area (Å²) in [5.74, 6) is 0.919. The standard InChI is InChI=1S/C24H37N5OS.HI/c1-7-25-23(28(5)15-21-16-31-22(27-21)18(2)30-6)26-17-24(3,4)29-13-12-19-10-8-9-11-20(19)14-29;/h8-11,16,18H,7,12-15,17H2,1-6H3,(H,25,26);1H. The summed E-state index contributed by atoms with van der Waals surface area (Å²) < 4.78 is 5.39. The quantitative estimate of drug-likeness (QED) is 0.283. The molecular formula is C24H38IN5OS. The van der Waals surface area contributed by atoms with E-state index in [1.807, 2.05) is 6.92 Å². The smallest absolute Gasteiger partial charge is 0.194 e. The molecule has 0 aliphatic carbocycles. The lowest BCUT2D eigenvalue weighted by atomic mass is 9.94. The van der Waals surface area contributed by atoms with Gasteiger partial charge in [0.05, 0.1) is 18.8 Å². The Hall–Kier alpha value is -1.23. The number of benzene rings is 1. The molecule has 32 heavy (non-hydrogen) atoms. The van der Waals surface area contributed by atoms with Crippen LogP contribution >= 0.6 is 35.3 Å². The summed E-state index contributed by atoms with van der Waals surface area (Å²) in [7, 11) is 3.79. The molecular weight excluding hydrogens is 533 g/mol. The molecule has 8 heteroatoms. The van der Waals surface area contributed by atoms with E-state index in [-0.39, 0.29) is 35.6 Å². The molecule has 1 atom stereocenters. The van der Waals surface area contributed by atoms with Crippen molar-refractivity contribution in [2.24, 2.45) is 4.99 Å². The minimum Gasteiger partial charge on any atom is -0.375 e. The maximum absolute atomic E-state index is 5.39. The zero-order valence-corrected chi connectivity index (χ0v) is 23.4. The molecule has 1 aliphatic rings. The minimum atomic E-state index is -0.0171. The van der Waals surface area contributed by atoms with Crippen molar-refractivity contribution in [2.45, 2.75) is 58.8 Å². The molecule has 0 fully saturated rings. The molecule has 0 bridgehead atoms. The van der Waals surface area contributed by atoms with Crippen LogP contribution in [0.2, 0.25) is 0 Å². The second kappa shape index (κ2) is 12.3. The maximum atomic E-state index is 5.39. The summed E-state index contributed by atoms with van der Waals surface area (Å²) in [5, 5.41) is 6.57. The van der Waals surface area contributed by atoms with Crippen LogP contribution in [-0.2, 0) is 24.2 Å². The molecule has 1 aliphatic heterocycles. The zero-order chi connectivity index (χ0) is 22.4. The number of methoxy groups -OCH3 is 1. The molecule has 2 aromatic rings. The number of fused-ring (bicyclic) bond motifs is 1. The third kappa shape index (κ3) is 6.88. The van der Waals surface area contributed by atoms with E-state index in [9.17, 15) is 0 Å². The number of ether oxygens (including phenoxy) is 1. The van der Waals surface area contributed by atoms with E-state index in [1.165, 1.54) is 11.1 Å². The highest BCUT2D eigenvalue weighted by molar-refractivity contribution is 14.0. The van der Waals surface area contributed by atoms with Crippen molar-refractivity contribution >= 4 is 41.3 Å². The summed E-state index contributed by atoms with van der Waals surface area (Å²) in [4.78, 5) is 14.5. The van der Waals surface area contributed by atoms with Crippen LogP contribution in [0.5, 0.6) is 0 Å². The van der Waals surface area contributed by atoms with Gasteiger partial charge in [-0.2, -0.15) is 0 Å². The molecule has 1 unspecified atom stereocenters. The number of rotatable bonds is 8. The van der Waals surface area contributed by atoms with E-state index in [4.69, 9.17) is 14.7 Å². The largest absolute Gasteiger partial charge is 0.375 e. The summed E-state index contributed by atoms with van der Waals surface area (Å²) in [6.45, 7) is 13.1. The molecule has 1 aromatic carbocycles. The van der Waals surface area contributed by atoms with E-state index in [2.05, 4.69) is 72.6 Å². The lowest BCUT2D eigenvalue weighted by molar-refractivity contribution is 0.111. The van der Waals surface area contributed by atoms with Crippen LogP contribution in [0, 0.1) is 0 Å². The summed E-state index contributed by atoms with van der Waals surface area (Å²) in [6.07, 6.45) is 1.14. The van der Waals surface area contributed by atoms with E-state index in [1.54, 1.807) is 18.4 Å². The molecule has 0 radical (unpaired) electrons. The number of halogens is 1. The van der Waals surface area contributed by atoms with Crippen LogP contribution in [0.25, 0.3) is 0 Å². The normalized spacial score (nSPS) is 15.6. The van der Waals surface area contributed by atoms with Gasteiger partial charge in [-0.1, -0.05) is 24.3 Å². The van der Waals surface area contributed by atoms with Crippen molar-refractivity contribution < 1.29 is 4.74 Å². The third-order valence-electron chi connectivity index (χ3n) is 5.97. The Morgan fingerprint density at radius 3 is 2.75 bits per heavy atom. The Bertz CT molecular complexity index is 885. The molecule has 1 N–H and O–H groups in total. The van der Waals surface area contributed by atoms with E-state index >= 15 is 0 Å². The van der Waals surface area contributed by atoms with Crippen molar-refractivity contribution in [3.8, 4) is 0 Å². The van der Waals surface area contributed by atoms with Gasteiger partial charge in [0.25, 0.3) is 0 Å². The van der Waals surface area contributed by atoms with Crippen LogP contribution < -0.4 is 5.32 Å². The molecule has 3 rings (SSSR count). The second-order valence-electron chi connectivity index (χ2n) is 8.83. The number of guanidine groups is 1. The third-order valence-corrected chi connectivity index (χ3v) is 7.02. The van der Waals surface area contributed by atoms with Crippen molar-refractivity contribution in [2.75, 3.05) is 33.8 Å². The Kier molecular flexibility index (Phi) is 10.4. The number of hydrogen-bond donors (Lipinski definition) is 1. The lowest BCUT2D eigenvalue weighted by Gasteiger charge is -2.41. The number of aromatic nitrogens is 1. The first-order chi connectivity index (χ1) is 14.8. The number of hydrogen-bond acceptors (Lipinski definition) is 5. The van der Waals surface area contributed by atoms with Gasteiger partial charge in [0.2, 0.25) is 0 Å². The van der Waals surface area contributed by atoms with Crippen LogP contribution in [0.1, 0.15) is 55.6 Å². The van der Waals surface area contributed by atoms with Crippen LogP contribution in [0.4, 0.5) is 0 Å². The second-order valence-corrected chi connectivity index (χ2v) is 9.72. The van der Waals surface area contributed by atoms with Crippen LogP contribution in [0.15, 0.2) is 34.6 Å². The topological polar surface area (TPSA) is 53.0 Å². The first-order valence-electron chi connectivity index (χ1n) is 11.1. The van der Waals surface area contributed by atoms with Gasteiger partial charge in [-0.15, -0.1) is 35.3 Å². The number of nitrogens with zero attached hydrogens (tertiary/aromatic N) is 4. The molecule has 0 spiro atoms. The van der Waals surface area contributed by atoms with Gasteiger partial charge in [-0.05, 0) is 45.2 Å². The fourth-order valence-electron chi connectivity index (χ4n) is 3.85. The van der Waals surface area contributed by atoms with E-state index < -0.39 is 0 Å². The highest BCUT2D eigenvalue weighted by Gasteiger charge is 2.29. The molecule has 0 amide bonds. The highest BCUT2D eigenvalue weighted by Crippen LogP contribution is 2.26. The van der Waals surface area contributed by atoms with Gasteiger partial charge >= 0.3 is 0 Å². The minimum absolute atomic E-state index is 0. The summed E-state index contributed by atoms with van der Waals surface area (Å²) >= 11 is 1.65. The molecule has 0 saturated carbocycles. The van der Waals surface area contributed by atoms with Crippen LogP contribution in [-0.4, -0.2) is 60.1 Å². The first kappa shape index (κ1) is 27.0. The monoisotopic (exact) mass is 571 g/mol. The van der Waals surface area contributed by atoms with Gasteiger partial charge in [0, 0.05) is 44.7 Å². The summed E-state index contributed by atoms with van der Waals surface area (Å²) in [6, 6.07) is 8.80. The summed E-state index contributed by atoms with van der Waals surface area (Å²) in [5.41, 5.74) is 3.96. The SMILES string of the molecule is CCNC(=NCC(C)(C)N1CCc2ccccc2C1)N(C)Cc1csc(C(C)OC)n1.I. The Balaban J connectivity index is 0.00000363. The van der Waals surface area contributed by atoms with Gasteiger partial charge < -0.3 is 15.0 Å². The van der Waals surface area contributed by atoms with Gasteiger partial charge in [-0.25, -0.2) is 4.98 Å². The first-order valence-corrected chi connectivity index (χ1v) is 12.0. The Morgan fingerprint density at radius 1 is 1.34 bits per heavy atom. The van der Waals surface area contributed by atoms with Crippen molar-refractivity contribution in [1.82, 2.24) is 20.1 Å². The molecule has 2 heterocycles. The van der Waals surface area contributed by atoms with Gasteiger partial charge in [0.15, 0.2) is 5.96 Å². The van der Waals surface area contributed by atoms with Crippen molar-refractivity contribution in [1.29, 1.82) is 0 Å². The molecule has 1 aromatic heterocycles. The fourth-order valence-corrected chi connectivity index (χ4v) is 4.69. The highest BCUT2D eigenvalue weighted by atomic mass is 127. The van der Waals surface area contributed by atoms with Crippen LogP contribution in [0.3, 0.4) is 0 Å². The Labute approximate surface area is 214 Å². The number of thiazole rings is 1. The molecule has 0 saturated heterocycles. The number of aliphatic imine (C=N–C) groups is 1. The van der Waals surface area contributed by atoms with Gasteiger partial charge in [-0.3, -0.25) is 9.89 Å². The maximum Gasteiger partial charge on any atom is 0.194 e. The van der Waals surface area contributed by atoms with E-state index in [0.29, 0.717) is 0 Å². The Morgan fingerprint density at radius 2 is 2.06 bits per heavy atom. The predicted octanol–water partition coefficient (Wildman–Crippen LogP) is 4.70. The molecule has 6 nitrogen and oxygen atoms in total. The van der Waals surface area contributed by atoms with E-state index in [0.717, 1.165) is 55.8 Å². The predicted molar refractivity (Wildman–Crippen MR) is 145 cm³/mol. The number of nitrogens with one attached hydrogen (secondary N) is 1. The zero-order valence-electron chi connectivity index (χ0n) is 20.2. The van der Waals surface area contributed by atoms with Crippen molar-refractivity contribution in [3.05, 3.63) is 51.5 Å².